The van der Waals surface area contributed by atoms with Crippen molar-refractivity contribution in [1.82, 2.24) is 0 Å². The second-order valence-corrected chi connectivity index (χ2v) is 2.91. The summed E-state index contributed by atoms with van der Waals surface area (Å²) >= 11 is 9.11. The van der Waals surface area contributed by atoms with Gasteiger partial charge in [0, 0.05) is 21.6 Å². The molecular weight excluding hydrogens is 213 g/mol. The van der Waals surface area contributed by atoms with Crippen LogP contribution >= 0.6 is 27.5 Å². The molecule has 0 bridgehead atoms. The second kappa shape index (κ2) is 3.26. The number of halogens is 2. The van der Waals surface area contributed by atoms with Gasteiger partial charge < -0.3 is 5.73 Å². The standard InChI is InChI=1S/C7H7BrClN/c8-4-5-6(9)2-1-3-7(5)10/h1-3H,4,10H2. The molecule has 0 spiro atoms. The second-order valence-electron chi connectivity index (χ2n) is 1.94. The first-order valence-electron chi connectivity index (χ1n) is 2.84. The molecular formula is C7H7BrClN. The molecule has 10 heavy (non-hydrogen) atoms. The molecule has 1 rings (SSSR count). The van der Waals surface area contributed by atoms with Crippen molar-refractivity contribution in [3.05, 3.63) is 28.8 Å². The molecule has 54 valence electrons. The Kier molecular flexibility index (Phi) is 2.57. The van der Waals surface area contributed by atoms with E-state index in [4.69, 9.17) is 17.3 Å². The molecule has 0 saturated heterocycles. The van der Waals surface area contributed by atoms with Crippen LogP contribution in [-0.2, 0) is 5.33 Å². The van der Waals surface area contributed by atoms with Gasteiger partial charge in [-0.25, -0.2) is 0 Å². The summed E-state index contributed by atoms with van der Waals surface area (Å²) in [5.41, 5.74) is 7.32. The van der Waals surface area contributed by atoms with Crippen LogP contribution in [0.5, 0.6) is 0 Å². The highest BCUT2D eigenvalue weighted by molar-refractivity contribution is 9.08. The minimum absolute atomic E-state index is 0.707. The molecule has 3 heteroatoms. The van der Waals surface area contributed by atoms with Crippen LogP contribution in [0, 0.1) is 0 Å². The summed E-state index contributed by atoms with van der Waals surface area (Å²) in [5.74, 6) is 0. The third-order valence-electron chi connectivity index (χ3n) is 1.29. The Morgan fingerprint density at radius 1 is 1.50 bits per heavy atom. The number of benzene rings is 1. The number of anilines is 1. The van der Waals surface area contributed by atoms with Gasteiger partial charge in [0.15, 0.2) is 0 Å². The van der Waals surface area contributed by atoms with E-state index in [1.807, 2.05) is 18.2 Å². The Labute approximate surface area is 73.3 Å². The summed E-state index contributed by atoms with van der Waals surface area (Å²) < 4.78 is 0. The highest BCUT2D eigenvalue weighted by Crippen LogP contribution is 2.23. The molecule has 0 heterocycles. The number of alkyl halides is 1. The van der Waals surface area contributed by atoms with Crippen LogP contribution in [0.15, 0.2) is 18.2 Å². The predicted octanol–water partition coefficient (Wildman–Crippen LogP) is 2.82. The monoisotopic (exact) mass is 219 g/mol. The van der Waals surface area contributed by atoms with Gasteiger partial charge >= 0.3 is 0 Å². The fraction of sp³-hybridized carbons (Fsp3) is 0.143. The van der Waals surface area contributed by atoms with E-state index in [2.05, 4.69) is 15.9 Å². The third-order valence-corrected chi connectivity index (χ3v) is 2.20. The zero-order valence-corrected chi connectivity index (χ0v) is 7.61. The fourth-order valence-electron chi connectivity index (χ4n) is 0.716. The maximum atomic E-state index is 5.82. The minimum Gasteiger partial charge on any atom is -0.398 e. The molecule has 0 atom stereocenters. The number of nitrogen functional groups attached to an aromatic ring is 1. The summed E-state index contributed by atoms with van der Waals surface area (Å²) in [5, 5.41) is 1.43. The molecule has 1 aromatic rings. The number of hydrogen-bond acceptors (Lipinski definition) is 1. The normalized spacial score (nSPS) is 9.80. The van der Waals surface area contributed by atoms with Gasteiger partial charge in [0.1, 0.15) is 0 Å². The van der Waals surface area contributed by atoms with Gasteiger partial charge in [0.2, 0.25) is 0 Å². The molecule has 0 unspecified atom stereocenters. The highest BCUT2D eigenvalue weighted by Gasteiger charge is 2.00. The smallest absolute Gasteiger partial charge is 0.0467 e. The molecule has 0 fully saturated rings. The van der Waals surface area contributed by atoms with E-state index < -0.39 is 0 Å². The van der Waals surface area contributed by atoms with Gasteiger partial charge in [-0.15, -0.1) is 0 Å². The van der Waals surface area contributed by atoms with E-state index in [1.165, 1.54) is 0 Å². The van der Waals surface area contributed by atoms with Gasteiger partial charge in [-0.1, -0.05) is 33.6 Å². The number of rotatable bonds is 1. The predicted molar refractivity (Wildman–Crippen MR) is 48.5 cm³/mol. The molecule has 0 aromatic heterocycles. The largest absolute Gasteiger partial charge is 0.398 e. The lowest BCUT2D eigenvalue weighted by Crippen LogP contribution is -1.91. The Bertz CT molecular complexity index is 217. The lowest BCUT2D eigenvalue weighted by Gasteiger charge is -2.02. The van der Waals surface area contributed by atoms with E-state index in [0.717, 1.165) is 16.3 Å². The molecule has 1 nitrogen and oxygen atoms in total. The highest BCUT2D eigenvalue weighted by atomic mass is 79.9. The zero-order chi connectivity index (χ0) is 7.56. The van der Waals surface area contributed by atoms with Crippen molar-refractivity contribution in [1.29, 1.82) is 0 Å². The first kappa shape index (κ1) is 7.89. The first-order valence-corrected chi connectivity index (χ1v) is 4.34. The van der Waals surface area contributed by atoms with E-state index in [9.17, 15) is 0 Å². The van der Waals surface area contributed by atoms with Gasteiger partial charge in [0.05, 0.1) is 0 Å². The molecule has 0 aliphatic heterocycles. The Morgan fingerprint density at radius 3 is 2.60 bits per heavy atom. The van der Waals surface area contributed by atoms with E-state index >= 15 is 0 Å². The van der Waals surface area contributed by atoms with Crippen LogP contribution in [0.25, 0.3) is 0 Å². The summed E-state index contributed by atoms with van der Waals surface area (Å²) in [4.78, 5) is 0. The summed E-state index contributed by atoms with van der Waals surface area (Å²) in [7, 11) is 0. The summed E-state index contributed by atoms with van der Waals surface area (Å²) in [6.07, 6.45) is 0. The van der Waals surface area contributed by atoms with Crippen molar-refractivity contribution >= 4 is 33.2 Å². The Balaban J connectivity index is 3.17. The van der Waals surface area contributed by atoms with Crippen LogP contribution in [-0.4, -0.2) is 0 Å². The van der Waals surface area contributed by atoms with Crippen LogP contribution in [0.4, 0.5) is 5.69 Å². The molecule has 0 radical (unpaired) electrons. The molecule has 2 N–H and O–H groups in total. The number of nitrogens with two attached hydrogens (primary N) is 1. The molecule has 0 saturated carbocycles. The van der Waals surface area contributed by atoms with Gasteiger partial charge in [-0.3, -0.25) is 0 Å². The van der Waals surface area contributed by atoms with Crippen LogP contribution in [0.3, 0.4) is 0 Å². The first-order chi connectivity index (χ1) is 4.75. The van der Waals surface area contributed by atoms with Crippen LogP contribution in [0.2, 0.25) is 5.02 Å². The minimum atomic E-state index is 0.707. The van der Waals surface area contributed by atoms with Crippen LogP contribution in [0.1, 0.15) is 5.56 Å². The third kappa shape index (κ3) is 1.44. The van der Waals surface area contributed by atoms with E-state index in [0.29, 0.717) is 5.33 Å². The summed E-state index contributed by atoms with van der Waals surface area (Å²) in [6, 6.07) is 5.50. The zero-order valence-electron chi connectivity index (χ0n) is 5.27. The van der Waals surface area contributed by atoms with Crippen molar-refractivity contribution in [2.75, 3.05) is 5.73 Å². The maximum Gasteiger partial charge on any atom is 0.0467 e. The SMILES string of the molecule is Nc1cccc(Cl)c1CBr. The Morgan fingerprint density at radius 2 is 2.20 bits per heavy atom. The summed E-state index contributed by atoms with van der Waals surface area (Å²) in [6.45, 7) is 0. The lowest BCUT2D eigenvalue weighted by atomic mass is 10.2. The van der Waals surface area contributed by atoms with Crippen molar-refractivity contribution in [2.45, 2.75) is 5.33 Å². The van der Waals surface area contributed by atoms with Crippen molar-refractivity contribution in [2.24, 2.45) is 0 Å². The van der Waals surface area contributed by atoms with E-state index in [-0.39, 0.29) is 0 Å². The maximum absolute atomic E-state index is 5.82. The van der Waals surface area contributed by atoms with Gasteiger partial charge in [-0.05, 0) is 12.1 Å². The fourth-order valence-corrected chi connectivity index (χ4v) is 1.75. The molecule has 1 aromatic carbocycles. The Hall–Kier alpha value is -0.210. The molecule has 0 aliphatic carbocycles. The van der Waals surface area contributed by atoms with Crippen molar-refractivity contribution in [3.8, 4) is 0 Å². The van der Waals surface area contributed by atoms with Gasteiger partial charge in [-0.2, -0.15) is 0 Å². The van der Waals surface area contributed by atoms with Crippen molar-refractivity contribution in [3.63, 3.8) is 0 Å². The number of hydrogen-bond donors (Lipinski definition) is 1. The van der Waals surface area contributed by atoms with Crippen LogP contribution < -0.4 is 5.73 Å². The quantitative estimate of drug-likeness (QED) is 0.572. The topological polar surface area (TPSA) is 26.0 Å². The van der Waals surface area contributed by atoms with Crippen molar-refractivity contribution < 1.29 is 0 Å². The molecule has 0 aliphatic rings. The van der Waals surface area contributed by atoms with E-state index in [1.54, 1.807) is 0 Å². The van der Waals surface area contributed by atoms with Gasteiger partial charge in [0.25, 0.3) is 0 Å². The molecule has 0 amide bonds. The lowest BCUT2D eigenvalue weighted by molar-refractivity contribution is 1.44. The average Bonchev–Trinajstić information content (AvgIpc) is 1.88. The average molecular weight is 220 g/mol.